The molecule has 4 nitrogen and oxygen atoms in total. The maximum absolute atomic E-state index is 5.93. The summed E-state index contributed by atoms with van der Waals surface area (Å²) in [6.45, 7) is 4.36. The molecule has 0 spiro atoms. The molecular formula is C15H23NO3. The molecule has 106 valence electrons. The van der Waals surface area contributed by atoms with Gasteiger partial charge in [-0.2, -0.15) is 0 Å². The van der Waals surface area contributed by atoms with Crippen LogP contribution in [0.25, 0.3) is 0 Å². The molecule has 0 bridgehead atoms. The lowest BCUT2D eigenvalue weighted by atomic mass is 10.1. The molecule has 0 aromatic heterocycles. The maximum Gasteiger partial charge on any atom is 0.122 e. The summed E-state index contributed by atoms with van der Waals surface area (Å²) in [6, 6.07) is 5.99. The number of methoxy groups -OCH3 is 1. The van der Waals surface area contributed by atoms with Gasteiger partial charge in [-0.25, -0.2) is 0 Å². The van der Waals surface area contributed by atoms with E-state index in [4.69, 9.17) is 19.9 Å². The largest absolute Gasteiger partial charge is 0.497 e. The zero-order valence-electron chi connectivity index (χ0n) is 11.7. The van der Waals surface area contributed by atoms with Gasteiger partial charge in [0, 0.05) is 18.6 Å². The summed E-state index contributed by atoms with van der Waals surface area (Å²) in [5.74, 6) is 2.25. The predicted octanol–water partition coefficient (Wildman–Crippen LogP) is 2.00. The van der Waals surface area contributed by atoms with Crippen molar-refractivity contribution < 1.29 is 14.2 Å². The van der Waals surface area contributed by atoms with Crippen LogP contribution >= 0.6 is 0 Å². The molecular weight excluding hydrogens is 242 g/mol. The lowest BCUT2D eigenvalue weighted by molar-refractivity contribution is 0.166. The lowest BCUT2D eigenvalue weighted by Crippen LogP contribution is -2.19. The fraction of sp³-hybridized carbons (Fsp3) is 0.600. The third kappa shape index (κ3) is 4.11. The summed E-state index contributed by atoms with van der Waals surface area (Å²) in [4.78, 5) is 0. The summed E-state index contributed by atoms with van der Waals surface area (Å²) in [5, 5.41) is 0. The van der Waals surface area contributed by atoms with Gasteiger partial charge >= 0.3 is 0 Å². The molecule has 4 heteroatoms. The molecule has 1 aliphatic heterocycles. The number of hydrogen-bond acceptors (Lipinski definition) is 4. The molecule has 19 heavy (non-hydrogen) atoms. The summed E-state index contributed by atoms with van der Waals surface area (Å²) < 4.78 is 16.5. The molecule has 0 amide bonds. The highest BCUT2D eigenvalue weighted by molar-refractivity contribution is 5.40. The second-order valence-electron chi connectivity index (χ2n) is 5.20. The highest BCUT2D eigenvalue weighted by Crippen LogP contribution is 2.26. The first kappa shape index (κ1) is 14.2. The zero-order chi connectivity index (χ0) is 13.7. The Bertz CT molecular complexity index is 400. The highest BCUT2D eigenvalue weighted by atomic mass is 16.5. The van der Waals surface area contributed by atoms with Crippen molar-refractivity contribution in [2.24, 2.45) is 11.7 Å². The first-order valence-electron chi connectivity index (χ1n) is 6.82. The van der Waals surface area contributed by atoms with Crippen molar-refractivity contribution in [3.8, 4) is 11.5 Å². The molecule has 2 unspecified atom stereocenters. The number of ether oxygens (including phenoxy) is 3. The summed E-state index contributed by atoms with van der Waals surface area (Å²) in [5.41, 5.74) is 6.99. The van der Waals surface area contributed by atoms with E-state index in [1.807, 2.05) is 25.1 Å². The van der Waals surface area contributed by atoms with E-state index < -0.39 is 0 Å². The van der Waals surface area contributed by atoms with Crippen molar-refractivity contribution in [1.29, 1.82) is 0 Å². The van der Waals surface area contributed by atoms with Gasteiger partial charge in [0.15, 0.2) is 0 Å². The Labute approximate surface area is 114 Å². The van der Waals surface area contributed by atoms with Gasteiger partial charge in [0.2, 0.25) is 0 Å². The summed E-state index contributed by atoms with van der Waals surface area (Å²) >= 11 is 0. The third-order valence-corrected chi connectivity index (χ3v) is 3.31. The van der Waals surface area contributed by atoms with Gasteiger partial charge < -0.3 is 19.9 Å². The lowest BCUT2D eigenvalue weighted by Gasteiger charge is -2.16. The molecule has 0 radical (unpaired) electrons. The Morgan fingerprint density at radius 1 is 1.47 bits per heavy atom. The average Bonchev–Trinajstić information content (AvgIpc) is 2.89. The second kappa shape index (κ2) is 6.78. The minimum Gasteiger partial charge on any atom is -0.497 e. The Morgan fingerprint density at radius 2 is 2.32 bits per heavy atom. The van der Waals surface area contributed by atoms with Crippen molar-refractivity contribution in [3.63, 3.8) is 0 Å². The minimum atomic E-state index is 0.101. The predicted molar refractivity (Wildman–Crippen MR) is 74.8 cm³/mol. The average molecular weight is 265 g/mol. The molecule has 1 aromatic carbocycles. The SMILES string of the molecule is COc1ccc(OCC2CCOC2)c(CC(C)N)c1. The number of hydrogen-bond donors (Lipinski definition) is 1. The van der Waals surface area contributed by atoms with Crippen LogP contribution in [0.3, 0.4) is 0 Å². The number of benzene rings is 1. The maximum atomic E-state index is 5.93. The zero-order valence-corrected chi connectivity index (χ0v) is 11.7. The van der Waals surface area contributed by atoms with Gasteiger partial charge in [0.25, 0.3) is 0 Å². The van der Waals surface area contributed by atoms with Crippen LogP contribution in [0.4, 0.5) is 0 Å². The van der Waals surface area contributed by atoms with E-state index in [0.717, 1.165) is 43.1 Å². The Morgan fingerprint density at radius 3 is 2.95 bits per heavy atom. The fourth-order valence-electron chi connectivity index (χ4n) is 2.25. The van der Waals surface area contributed by atoms with Crippen LogP contribution in [-0.2, 0) is 11.2 Å². The first-order chi connectivity index (χ1) is 9.19. The quantitative estimate of drug-likeness (QED) is 0.854. The van der Waals surface area contributed by atoms with Gasteiger partial charge in [0.05, 0.1) is 20.3 Å². The highest BCUT2D eigenvalue weighted by Gasteiger charge is 2.17. The third-order valence-electron chi connectivity index (χ3n) is 3.31. The smallest absolute Gasteiger partial charge is 0.122 e. The van der Waals surface area contributed by atoms with Crippen molar-refractivity contribution in [2.75, 3.05) is 26.9 Å². The van der Waals surface area contributed by atoms with Crippen molar-refractivity contribution in [3.05, 3.63) is 23.8 Å². The summed E-state index contributed by atoms with van der Waals surface area (Å²) in [6.07, 6.45) is 1.87. The topological polar surface area (TPSA) is 53.7 Å². The molecule has 1 saturated heterocycles. The van der Waals surface area contributed by atoms with Crippen molar-refractivity contribution >= 4 is 0 Å². The van der Waals surface area contributed by atoms with Crippen molar-refractivity contribution in [2.45, 2.75) is 25.8 Å². The number of rotatable bonds is 6. The van der Waals surface area contributed by atoms with E-state index in [9.17, 15) is 0 Å². The van der Waals surface area contributed by atoms with E-state index in [0.29, 0.717) is 12.5 Å². The molecule has 1 fully saturated rings. The van der Waals surface area contributed by atoms with E-state index in [1.165, 1.54) is 0 Å². The number of nitrogens with two attached hydrogens (primary N) is 1. The molecule has 1 heterocycles. The van der Waals surface area contributed by atoms with Crippen molar-refractivity contribution in [1.82, 2.24) is 0 Å². The monoisotopic (exact) mass is 265 g/mol. The molecule has 0 aliphatic carbocycles. The Hall–Kier alpha value is -1.26. The second-order valence-corrected chi connectivity index (χ2v) is 5.20. The standard InChI is InChI=1S/C15H23NO3/c1-11(16)7-13-8-14(17-2)3-4-15(13)19-10-12-5-6-18-9-12/h3-4,8,11-12H,5-7,9-10,16H2,1-2H3. The van der Waals surface area contributed by atoms with Gasteiger partial charge in [-0.1, -0.05) is 0 Å². The minimum absolute atomic E-state index is 0.101. The van der Waals surface area contributed by atoms with Gasteiger partial charge in [-0.05, 0) is 43.5 Å². The van der Waals surface area contributed by atoms with Crippen LogP contribution in [0.15, 0.2) is 18.2 Å². The molecule has 2 N–H and O–H groups in total. The van der Waals surface area contributed by atoms with Gasteiger partial charge in [-0.3, -0.25) is 0 Å². The van der Waals surface area contributed by atoms with Crippen LogP contribution in [-0.4, -0.2) is 33.0 Å². The van der Waals surface area contributed by atoms with Crippen LogP contribution in [0.5, 0.6) is 11.5 Å². The molecule has 2 rings (SSSR count). The van der Waals surface area contributed by atoms with Gasteiger partial charge in [0.1, 0.15) is 11.5 Å². The van der Waals surface area contributed by atoms with Crippen LogP contribution in [0.1, 0.15) is 18.9 Å². The molecule has 1 aromatic rings. The molecule has 2 atom stereocenters. The van der Waals surface area contributed by atoms with Gasteiger partial charge in [-0.15, -0.1) is 0 Å². The Kier molecular flexibility index (Phi) is 5.05. The normalized spacial score (nSPS) is 20.3. The van der Waals surface area contributed by atoms with Crippen LogP contribution < -0.4 is 15.2 Å². The summed E-state index contributed by atoms with van der Waals surface area (Å²) in [7, 11) is 1.67. The Balaban J connectivity index is 2.04. The first-order valence-corrected chi connectivity index (χ1v) is 6.82. The van der Waals surface area contributed by atoms with E-state index in [1.54, 1.807) is 7.11 Å². The van der Waals surface area contributed by atoms with Crippen LogP contribution in [0.2, 0.25) is 0 Å². The van der Waals surface area contributed by atoms with E-state index in [-0.39, 0.29) is 6.04 Å². The molecule has 0 saturated carbocycles. The fourth-order valence-corrected chi connectivity index (χ4v) is 2.25. The van der Waals surface area contributed by atoms with Crippen LogP contribution in [0, 0.1) is 5.92 Å². The van der Waals surface area contributed by atoms with E-state index in [2.05, 4.69) is 0 Å². The van der Waals surface area contributed by atoms with E-state index >= 15 is 0 Å². The molecule has 1 aliphatic rings.